The first-order chi connectivity index (χ1) is 10.2. The number of aromatic nitrogens is 1. The molecule has 0 saturated carbocycles. The second-order valence-corrected chi connectivity index (χ2v) is 5.58. The molecule has 5 nitrogen and oxygen atoms in total. The van der Waals surface area contributed by atoms with Crippen LogP contribution in [0.15, 0.2) is 29.8 Å². The van der Waals surface area contributed by atoms with E-state index in [0.717, 1.165) is 22.9 Å². The van der Waals surface area contributed by atoms with Gasteiger partial charge in [0.2, 0.25) is 0 Å². The van der Waals surface area contributed by atoms with Crippen molar-refractivity contribution in [2.24, 2.45) is 0 Å². The van der Waals surface area contributed by atoms with E-state index in [9.17, 15) is 0 Å². The van der Waals surface area contributed by atoms with Crippen molar-refractivity contribution < 1.29 is 4.74 Å². The van der Waals surface area contributed by atoms with Gasteiger partial charge in [-0.05, 0) is 18.2 Å². The van der Waals surface area contributed by atoms with Crippen molar-refractivity contribution in [1.29, 1.82) is 5.26 Å². The summed E-state index contributed by atoms with van der Waals surface area (Å²) in [6.07, 6.45) is 1.84. The largest absolute Gasteiger partial charge is 0.383 e. The highest BCUT2D eigenvalue weighted by atomic mass is 32.1. The van der Waals surface area contributed by atoms with Gasteiger partial charge in [0.15, 0.2) is 0 Å². The highest BCUT2D eigenvalue weighted by Crippen LogP contribution is 2.17. The van der Waals surface area contributed by atoms with Crippen molar-refractivity contribution in [3.05, 3.63) is 40.2 Å². The molecular weight excluding hydrogens is 284 g/mol. The maximum atomic E-state index is 8.79. The number of pyridine rings is 1. The zero-order valence-corrected chi connectivity index (χ0v) is 13.0. The van der Waals surface area contributed by atoms with Crippen LogP contribution in [-0.4, -0.2) is 32.3 Å². The van der Waals surface area contributed by atoms with E-state index in [4.69, 9.17) is 10.00 Å². The first-order valence-electron chi connectivity index (χ1n) is 6.60. The Kier molecular flexibility index (Phi) is 5.55. The molecule has 0 aliphatic rings. The van der Waals surface area contributed by atoms with Crippen LogP contribution in [0.25, 0.3) is 0 Å². The smallest absolute Gasteiger partial charge is 0.126 e. The lowest BCUT2D eigenvalue weighted by atomic mass is 10.3. The molecule has 0 spiro atoms. The van der Waals surface area contributed by atoms with Crippen molar-refractivity contribution in [3.8, 4) is 6.07 Å². The predicted octanol–water partition coefficient (Wildman–Crippen LogP) is 2.71. The Bertz CT molecular complexity index is 603. The Hall–Kier alpha value is -2.10. The van der Waals surface area contributed by atoms with E-state index < -0.39 is 0 Å². The molecule has 2 aromatic heterocycles. The van der Waals surface area contributed by atoms with E-state index in [1.54, 1.807) is 18.4 Å². The van der Waals surface area contributed by atoms with E-state index in [1.807, 2.05) is 36.8 Å². The Morgan fingerprint density at radius 3 is 2.95 bits per heavy atom. The molecule has 0 radical (unpaired) electrons. The zero-order valence-electron chi connectivity index (χ0n) is 12.2. The normalized spacial score (nSPS) is 10.1. The number of methoxy groups -OCH3 is 1. The number of nitriles is 1. The van der Waals surface area contributed by atoms with Crippen LogP contribution in [0.3, 0.4) is 0 Å². The van der Waals surface area contributed by atoms with Gasteiger partial charge in [-0.1, -0.05) is 0 Å². The minimum Gasteiger partial charge on any atom is -0.383 e. The Morgan fingerprint density at radius 1 is 1.48 bits per heavy atom. The lowest BCUT2D eigenvalue weighted by Gasteiger charge is -2.18. The lowest BCUT2D eigenvalue weighted by Crippen LogP contribution is -2.22. The number of hydrogen-bond acceptors (Lipinski definition) is 6. The molecule has 2 heterocycles. The molecule has 0 atom stereocenters. The maximum absolute atomic E-state index is 8.79. The van der Waals surface area contributed by atoms with Gasteiger partial charge in [0, 0.05) is 31.0 Å². The highest BCUT2D eigenvalue weighted by molar-refractivity contribution is 7.10. The molecule has 0 bridgehead atoms. The highest BCUT2D eigenvalue weighted by Gasteiger charge is 2.03. The number of anilines is 2. The molecule has 0 aromatic carbocycles. The van der Waals surface area contributed by atoms with Gasteiger partial charge < -0.3 is 15.0 Å². The number of nitrogens with zero attached hydrogens (tertiary/aromatic N) is 3. The van der Waals surface area contributed by atoms with Crippen LogP contribution < -0.4 is 10.2 Å². The van der Waals surface area contributed by atoms with Crippen LogP contribution in [0, 0.1) is 11.3 Å². The molecule has 2 aromatic rings. The van der Waals surface area contributed by atoms with Crippen molar-refractivity contribution in [2.45, 2.75) is 6.54 Å². The topological polar surface area (TPSA) is 61.2 Å². The first-order valence-corrected chi connectivity index (χ1v) is 7.48. The van der Waals surface area contributed by atoms with E-state index >= 15 is 0 Å². The third-order valence-electron chi connectivity index (χ3n) is 3.05. The molecule has 6 heteroatoms. The van der Waals surface area contributed by atoms with Crippen LogP contribution in [0.1, 0.15) is 10.4 Å². The Balaban J connectivity index is 1.88. The number of nitrogens with one attached hydrogen (secondary N) is 1. The summed E-state index contributed by atoms with van der Waals surface area (Å²) < 4.78 is 5.06. The van der Waals surface area contributed by atoms with E-state index in [0.29, 0.717) is 18.7 Å². The Morgan fingerprint density at radius 2 is 2.33 bits per heavy atom. The summed E-state index contributed by atoms with van der Waals surface area (Å²) >= 11 is 1.58. The fourth-order valence-electron chi connectivity index (χ4n) is 1.78. The van der Waals surface area contributed by atoms with Crippen LogP contribution >= 0.6 is 11.3 Å². The van der Waals surface area contributed by atoms with Crippen molar-refractivity contribution >= 4 is 22.8 Å². The molecule has 0 fully saturated rings. The molecule has 0 unspecified atom stereocenters. The van der Waals surface area contributed by atoms with E-state index in [2.05, 4.69) is 21.3 Å². The van der Waals surface area contributed by atoms with Crippen molar-refractivity contribution in [2.75, 3.05) is 37.5 Å². The minimum atomic E-state index is 0.679. The number of rotatable bonds is 7. The summed E-state index contributed by atoms with van der Waals surface area (Å²) in [7, 11) is 3.71. The summed E-state index contributed by atoms with van der Waals surface area (Å²) in [5.74, 6) is 0.825. The standard InChI is InChI=1S/C15H18N4OS/c1-19(5-6-20-2)13-3-4-15(17-9-13)18-10-14-7-12(8-16)11-21-14/h3-4,7,9,11H,5-6,10H2,1-2H3,(H,17,18). The molecule has 1 N–H and O–H groups in total. The monoisotopic (exact) mass is 302 g/mol. The van der Waals surface area contributed by atoms with Gasteiger partial charge >= 0.3 is 0 Å². The fourth-order valence-corrected chi connectivity index (χ4v) is 2.53. The van der Waals surface area contributed by atoms with Crippen LogP contribution in [0.4, 0.5) is 11.5 Å². The Labute approximate surface area is 128 Å². The summed E-state index contributed by atoms with van der Waals surface area (Å²) in [4.78, 5) is 7.61. The average molecular weight is 302 g/mol. The van der Waals surface area contributed by atoms with Gasteiger partial charge in [0.25, 0.3) is 0 Å². The maximum Gasteiger partial charge on any atom is 0.126 e. The average Bonchev–Trinajstić information content (AvgIpc) is 2.99. The molecule has 0 aliphatic carbocycles. The molecule has 0 aliphatic heterocycles. The second kappa shape index (κ2) is 7.62. The quantitative estimate of drug-likeness (QED) is 0.852. The van der Waals surface area contributed by atoms with Gasteiger partial charge in [-0.3, -0.25) is 0 Å². The van der Waals surface area contributed by atoms with Crippen LogP contribution in [0.5, 0.6) is 0 Å². The third kappa shape index (κ3) is 4.45. The van der Waals surface area contributed by atoms with E-state index in [1.165, 1.54) is 0 Å². The predicted molar refractivity (Wildman–Crippen MR) is 85.7 cm³/mol. The van der Waals surface area contributed by atoms with Gasteiger partial charge in [0.05, 0.1) is 30.6 Å². The lowest BCUT2D eigenvalue weighted by molar-refractivity contribution is 0.206. The number of thiophene rings is 1. The molecule has 2 rings (SSSR count). The number of hydrogen-bond donors (Lipinski definition) is 1. The molecule has 0 saturated heterocycles. The van der Waals surface area contributed by atoms with Crippen molar-refractivity contribution in [1.82, 2.24) is 4.98 Å². The summed E-state index contributed by atoms with van der Waals surface area (Å²) in [5, 5.41) is 13.9. The molecular formula is C15H18N4OS. The summed E-state index contributed by atoms with van der Waals surface area (Å²) in [6.45, 7) is 2.20. The summed E-state index contributed by atoms with van der Waals surface area (Å²) in [5.41, 5.74) is 1.76. The van der Waals surface area contributed by atoms with Gasteiger partial charge in [0.1, 0.15) is 11.9 Å². The van der Waals surface area contributed by atoms with Gasteiger partial charge in [-0.25, -0.2) is 4.98 Å². The van der Waals surface area contributed by atoms with Crippen LogP contribution in [0.2, 0.25) is 0 Å². The number of likely N-dealkylation sites (N-methyl/N-ethyl adjacent to an activating group) is 1. The van der Waals surface area contributed by atoms with Crippen LogP contribution in [-0.2, 0) is 11.3 Å². The van der Waals surface area contributed by atoms with Crippen molar-refractivity contribution in [3.63, 3.8) is 0 Å². The second-order valence-electron chi connectivity index (χ2n) is 4.58. The SMILES string of the molecule is COCCN(C)c1ccc(NCc2cc(C#N)cs2)nc1. The third-order valence-corrected chi connectivity index (χ3v) is 3.98. The summed E-state index contributed by atoms with van der Waals surface area (Å²) in [6, 6.07) is 8.01. The zero-order chi connectivity index (χ0) is 15.1. The minimum absolute atomic E-state index is 0.679. The van der Waals surface area contributed by atoms with Gasteiger partial charge in [-0.2, -0.15) is 5.26 Å². The molecule has 21 heavy (non-hydrogen) atoms. The molecule has 0 amide bonds. The number of ether oxygens (including phenoxy) is 1. The van der Waals surface area contributed by atoms with E-state index in [-0.39, 0.29) is 0 Å². The fraction of sp³-hybridized carbons (Fsp3) is 0.333. The first kappa shape index (κ1) is 15.3. The molecule has 110 valence electrons. The van der Waals surface area contributed by atoms with Gasteiger partial charge in [-0.15, -0.1) is 11.3 Å².